The van der Waals surface area contributed by atoms with Gasteiger partial charge in [0.25, 0.3) is 5.89 Å². The molecule has 2 aromatic heterocycles. The van der Waals surface area contributed by atoms with Crippen molar-refractivity contribution in [2.24, 2.45) is 5.73 Å². The number of hydrogen-bond acceptors (Lipinski definition) is 6. The normalized spacial score (nSPS) is 11.0. The van der Waals surface area contributed by atoms with Crippen LogP contribution in [0.1, 0.15) is 5.01 Å². The van der Waals surface area contributed by atoms with E-state index in [1.807, 2.05) is 0 Å². The first kappa shape index (κ1) is 13.8. The number of benzene rings is 1. The van der Waals surface area contributed by atoms with E-state index in [1.54, 1.807) is 5.38 Å². The number of halogens is 2. The van der Waals surface area contributed by atoms with Crippen LogP contribution in [0.25, 0.3) is 23.0 Å². The van der Waals surface area contributed by atoms with Crippen LogP contribution in [0.5, 0.6) is 0 Å². The molecule has 0 aliphatic heterocycles. The van der Waals surface area contributed by atoms with Crippen molar-refractivity contribution in [3.8, 4) is 23.0 Å². The van der Waals surface area contributed by atoms with Crippen molar-refractivity contribution in [1.29, 1.82) is 0 Å². The molecule has 8 heteroatoms. The first-order valence-corrected chi connectivity index (χ1v) is 6.98. The third kappa shape index (κ3) is 2.96. The van der Waals surface area contributed by atoms with Crippen molar-refractivity contribution in [3.05, 3.63) is 40.2 Å². The van der Waals surface area contributed by atoms with Crippen LogP contribution in [0.3, 0.4) is 0 Å². The van der Waals surface area contributed by atoms with Gasteiger partial charge in [-0.25, -0.2) is 13.8 Å². The number of hydrogen-bond donors (Lipinski definition) is 1. The van der Waals surface area contributed by atoms with E-state index in [4.69, 9.17) is 10.3 Å². The highest BCUT2D eigenvalue weighted by molar-refractivity contribution is 7.09. The molecule has 0 saturated heterocycles. The Kier molecular flexibility index (Phi) is 3.72. The molecule has 1 aromatic carbocycles. The fourth-order valence-corrected chi connectivity index (χ4v) is 2.56. The van der Waals surface area contributed by atoms with Gasteiger partial charge in [0, 0.05) is 23.4 Å². The number of rotatable bonds is 4. The maximum absolute atomic E-state index is 13.2. The van der Waals surface area contributed by atoms with Gasteiger partial charge in [0.05, 0.1) is 5.01 Å². The highest BCUT2D eigenvalue weighted by Crippen LogP contribution is 2.24. The summed E-state index contributed by atoms with van der Waals surface area (Å²) in [5, 5.41) is 6.36. The molecular weight excluding hydrogens is 298 g/mol. The standard InChI is InChI=1S/C13H10F2N4OS/c14-8-3-7(4-9(15)5-8)12-18-13(20-19-12)10-6-21-11(17-10)1-2-16/h3-6H,1-2,16H2. The molecule has 0 aliphatic carbocycles. The minimum Gasteiger partial charge on any atom is -0.332 e. The summed E-state index contributed by atoms with van der Waals surface area (Å²) < 4.78 is 31.4. The Bertz CT molecular complexity index is 751. The molecule has 5 nitrogen and oxygen atoms in total. The zero-order chi connectivity index (χ0) is 14.8. The second-order valence-electron chi connectivity index (χ2n) is 4.25. The van der Waals surface area contributed by atoms with E-state index in [-0.39, 0.29) is 17.3 Å². The molecule has 3 aromatic rings. The molecular formula is C13H10F2N4OS. The van der Waals surface area contributed by atoms with Gasteiger partial charge >= 0.3 is 0 Å². The molecule has 0 atom stereocenters. The van der Waals surface area contributed by atoms with E-state index in [9.17, 15) is 8.78 Å². The number of thiazole rings is 1. The van der Waals surface area contributed by atoms with Gasteiger partial charge in [-0.05, 0) is 18.7 Å². The predicted molar refractivity (Wildman–Crippen MR) is 73.5 cm³/mol. The zero-order valence-corrected chi connectivity index (χ0v) is 11.5. The lowest BCUT2D eigenvalue weighted by molar-refractivity contribution is 0.431. The molecule has 108 valence electrons. The topological polar surface area (TPSA) is 77.8 Å². The molecule has 0 spiro atoms. The highest BCUT2D eigenvalue weighted by Gasteiger charge is 2.14. The molecule has 0 fully saturated rings. The van der Waals surface area contributed by atoms with E-state index in [0.717, 1.165) is 23.2 Å². The van der Waals surface area contributed by atoms with Gasteiger partial charge in [0.1, 0.15) is 17.3 Å². The third-order valence-electron chi connectivity index (χ3n) is 2.68. The Morgan fingerprint density at radius 2 is 1.90 bits per heavy atom. The lowest BCUT2D eigenvalue weighted by Crippen LogP contribution is -2.01. The van der Waals surface area contributed by atoms with E-state index in [0.29, 0.717) is 18.7 Å². The Balaban J connectivity index is 1.91. The van der Waals surface area contributed by atoms with Crippen LogP contribution in [0.15, 0.2) is 28.1 Å². The Hall–Kier alpha value is -2.19. The maximum atomic E-state index is 13.2. The van der Waals surface area contributed by atoms with Crippen LogP contribution in [0.2, 0.25) is 0 Å². The Labute approximate surface area is 122 Å². The van der Waals surface area contributed by atoms with Gasteiger partial charge in [0.15, 0.2) is 0 Å². The molecule has 0 amide bonds. The van der Waals surface area contributed by atoms with Crippen molar-refractivity contribution < 1.29 is 13.3 Å². The van der Waals surface area contributed by atoms with Gasteiger partial charge in [-0.15, -0.1) is 11.3 Å². The maximum Gasteiger partial charge on any atom is 0.277 e. The summed E-state index contributed by atoms with van der Waals surface area (Å²) in [6, 6.07) is 3.06. The lowest BCUT2D eigenvalue weighted by Gasteiger charge is -1.95. The van der Waals surface area contributed by atoms with Crippen LogP contribution in [-0.2, 0) is 6.42 Å². The monoisotopic (exact) mass is 308 g/mol. The van der Waals surface area contributed by atoms with E-state index >= 15 is 0 Å². The summed E-state index contributed by atoms with van der Waals surface area (Å²) in [7, 11) is 0. The molecule has 0 saturated carbocycles. The third-order valence-corrected chi connectivity index (χ3v) is 3.58. The van der Waals surface area contributed by atoms with Crippen molar-refractivity contribution in [3.63, 3.8) is 0 Å². The first-order chi connectivity index (χ1) is 10.2. The summed E-state index contributed by atoms with van der Waals surface area (Å²) in [5.41, 5.74) is 6.20. The van der Waals surface area contributed by atoms with Gasteiger partial charge in [-0.2, -0.15) is 4.98 Å². The Morgan fingerprint density at radius 1 is 1.14 bits per heavy atom. The minimum atomic E-state index is -0.699. The minimum absolute atomic E-state index is 0.108. The van der Waals surface area contributed by atoms with Gasteiger partial charge in [-0.1, -0.05) is 5.16 Å². The quantitative estimate of drug-likeness (QED) is 0.801. The predicted octanol–water partition coefficient (Wildman–Crippen LogP) is 2.64. The molecule has 2 heterocycles. The molecule has 0 unspecified atom stereocenters. The van der Waals surface area contributed by atoms with Crippen LogP contribution >= 0.6 is 11.3 Å². The summed E-state index contributed by atoms with van der Waals surface area (Å²) >= 11 is 1.44. The van der Waals surface area contributed by atoms with Crippen molar-refractivity contribution >= 4 is 11.3 Å². The van der Waals surface area contributed by atoms with Gasteiger partial charge < -0.3 is 10.3 Å². The van der Waals surface area contributed by atoms with Crippen LogP contribution in [0.4, 0.5) is 8.78 Å². The summed E-state index contributed by atoms with van der Waals surface area (Å²) in [6.07, 6.45) is 0.667. The largest absolute Gasteiger partial charge is 0.332 e. The molecule has 0 aliphatic rings. The molecule has 2 N–H and O–H groups in total. The van der Waals surface area contributed by atoms with Crippen molar-refractivity contribution in [2.75, 3.05) is 6.54 Å². The summed E-state index contributed by atoms with van der Waals surface area (Å²) in [5.74, 6) is -1.09. The molecule has 3 rings (SSSR count). The number of nitrogens with two attached hydrogens (primary N) is 1. The second kappa shape index (κ2) is 5.66. The SMILES string of the molecule is NCCc1nc(-c2nc(-c3cc(F)cc(F)c3)no2)cs1. The summed E-state index contributed by atoms with van der Waals surface area (Å²) in [6.45, 7) is 0.505. The average Bonchev–Trinajstić information content (AvgIpc) is 3.06. The van der Waals surface area contributed by atoms with Gasteiger partial charge in [-0.3, -0.25) is 0 Å². The van der Waals surface area contributed by atoms with E-state index in [2.05, 4.69) is 15.1 Å². The fourth-order valence-electron chi connectivity index (χ4n) is 1.78. The van der Waals surface area contributed by atoms with Crippen molar-refractivity contribution in [1.82, 2.24) is 15.1 Å². The fraction of sp³-hybridized carbons (Fsp3) is 0.154. The van der Waals surface area contributed by atoms with Crippen LogP contribution < -0.4 is 5.73 Å². The van der Waals surface area contributed by atoms with Gasteiger partial charge in [0.2, 0.25) is 5.82 Å². The van der Waals surface area contributed by atoms with Crippen molar-refractivity contribution in [2.45, 2.75) is 6.42 Å². The number of nitrogens with zero attached hydrogens (tertiary/aromatic N) is 3. The lowest BCUT2D eigenvalue weighted by atomic mass is 10.2. The van der Waals surface area contributed by atoms with Crippen LogP contribution in [-0.4, -0.2) is 21.7 Å². The highest BCUT2D eigenvalue weighted by atomic mass is 32.1. The Morgan fingerprint density at radius 3 is 2.62 bits per heavy atom. The molecule has 0 bridgehead atoms. The van der Waals surface area contributed by atoms with E-state index in [1.165, 1.54) is 11.3 Å². The van der Waals surface area contributed by atoms with Crippen LogP contribution in [0, 0.1) is 11.6 Å². The molecule has 0 radical (unpaired) electrons. The zero-order valence-electron chi connectivity index (χ0n) is 10.7. The smallest absolute Gasteiger partial charge is 0.277 e. The first-order valence-electron chi connectivity index (χ1n) is 6.11. The average molecular weight is 308 g/mol. The second-order valence-corrected chi connectivity index (χ2v) is 5.19. The van der Waals surface area contributed by atoms with E-state index < -0.39 is 11.6 Å². The summed E-state index contributed by atoms with van der Waals surface area (Å²) in [4.78, 5) is 8.41. The molecule has 21 heavy (non-hydrogen) atoms. The number of aromatic nitrogens is 3.